The number of nitrogens with two attached hydrogens (primary N) is 1. The molecule has 106 valence electrons. The van der Waals surface area contributed by atoms with Crippen LogP contribution in [0.15, 0.2) is 22.7 Å². The summed E-state index contributed by atoms with van der Waals surface area (Å²) in [6, 6.07) is 6.06. The lowest BCUT2D eigenvalue weighted by Gasteiger charge is -2.28. The SMILES string of the molecule is CN(C)C(=O)C1Cc2c([nH]c3ccc(Br)cc23)C(N)C1. The van der Waals surface area contributed by atoms with Gasteiger partial charge in [0.25, 0.3) is 0 Å². The van der Waals surface area contributed by atoms with Gasteiger partial charge in [0.1, 0.15) is 0 Å². The predicted octanol–water partition coefficient (Wildman–Crippen LogP) is 2.58. The van der Waals surface area contributed by atoms with Crippen molar-refractivity contribution in [2.45, 2.75) is 18.9 Å². The molecule has 5 heteroatoms. The maximum atomic E-state index is 12.2. The van der Waals surface area contributed by atoms with E-state index in [-0.39, 0.29) is 17.9 Å². The third-order valence-corrected chi connectivity index (χ3v) is 4.54. The first-order chi connectivity index (χ1) is 9.47. The van der Waals surface area contributed by atoms with Crippen molar-refractivity contribution >= 4 is 32.7 Å². The molecule has 0 saturated heterocycles. The number of fused-ring (bicyclic) bond motifs is 3. The Morgan fingerprint density at radius 2 is 2.20 bits per heavy atom. The molecule has 1 aromatic carbocycles. The van der Waals surface area contributed by atoms with E-state index in [0.29, 0.717) is 6.42 Å². The first kappa shape index (κ1) is 13.6. The van der Waals surface area contributed by atoms with Gasteiger partial charge >= 0.3 is 0 Å². The molecule has 0 spiro atoms. The summed E-state index contributed by atoms with van der Waals surface area (Å²) in [4.78, 5) is 17.3. The second-order valence-corrected chi connectivity index (χ2v) is 6.60. The van der Waals surface area contributed by atoms with E-state index in [1.807, 2.05) is 12.1 Å². The van der Waals surface area contributed by atoms with Gasteiger partial charge in [0.2, 0.25) is 5.91 Å². The molecule has 0 fully saturated rings. The lowest BCUT2D eigenvalue weighted by Crippen LogP contribution is -2.36. The Morgan fingerprint density at radius 1 is 1.45 bits per heavy atom. The Morgan fingerprint density at radius 3 is 2.90 bits per heavy atom. The average molecular weight is 336 g/mol. The Bertz CT molecular complexity index is 677. The topological polar surface area (TPSA) is 62.1 Å². The third-order valence-electron chi connectivity index (χ3n) is 4.05. The smallest absolute Gasteiger partial charge is 0.225 e. The van der Waals surface area contributed by atoms with Gasteiger partial charge < -0.3 is 15.6 Å². The van der Waals surface area contributed by atoms with Crippen LogP contribution >= 0.6 is 15.9 Å². The van der Waals surface area contributed by atoms with Crippen LogP contribution in [0.2, 0.25) is 0 Å². The molecule has 20 heavy (non-hydrogen) atoms. The number of nitrogens with one attached hydrogen (secondary N) is 1. The largest absolute Gasteiger partial charge is 0.357 e. The molecular formula is C15H18BrN3O. The number of nitrogens with zero attached hydrogens (tertiary/aromatic N) is 1. The number of aromatic amines is 1. The Hall–Kier alpha value is -1.33. The molecule has 2 atom stereocenters. The molecule has 2 aromatic rings. The minimum absolute atomic E-state index is 0.0227. The molecule has 4 nitrogen and oxygen atoms in total. The fraction of sp³-hybridized carbons (Fsp3) is 0.400. The minimum atomic E-state index is -0.0983. The van der Waals surface area contributed by atoms with Gasteiger partial charge in [0.05, 0.1) is 0 Å². The highest BCUT2D eigenvalue weighted by Crippen LogP contribution is 2.37. The van der Waals surface area contributed by atoms with Crippen LogP contribution in [0, 0.1) is 5.92 Å². The average Bonchev–Trinajstić information content (AvgIpc) is 2.76. The number of carbonyl (C=O) groups is 1. The van der Waals surface area contributed by atoms with E-state index >= 15 is 0 Å². The molecule has 0 bridgehead atoms. The van der Waals surface area contributed by atoms with Gasteiger partial charge in [-0.25, -0.2) is 0 Å². The standard InChI is InChI=1S/C15H18BrN3O/c1-19(2)15(20)8-5-11-10-7-9(16)3-4-13(10)18-14(11)12(17)6-8/h3-4,7-8,12,18H,5-6,17H2,1-2H3. The van der Waals surface area contributed by atoms with Gasteiger partial charge in [0, 0.05) is 47.1 Å². The van der Waals surface area contributed by atoms with Gasteiger partial charge in [0.15, 0.2) is 0 Å². The van der Waals surface area contributed by atoms with Crippen LogP contribution in [0.5, 0.6) is 0 Å². The molecule has 3 N–H and O–H groups in total. The van der Waals surface area contributed by atoms with Crippen LogP contribution in [0.1, 0.15) is 23.7 Å². The number of halogens is 1. The number of benzene rings is 1. The van der Waals surface area contributed by atoms with Gasteiger partial charge in [-0.05, 0) is 36.6 Å². The molecule has 2 unspecified atom stereocenters. The van der Waals surface area contributed by atoms with Crippen LogP contribution < -0.4 is 5.73 Å². The predicted molar refractivity (Wildman–Crippen MR) is 83.4 cm³/mol. The quantitative estimate of drug-likeness (QED) is 0.841. The summed E-state index contributed by atoms with van der Waals surface area (Å²) in [5.41, 5.74) is 9.63. The fourth-order valence-corrected chi connectivity index (χ4v) is 3.45. The summed E-state index contributed by atoms with van der Waals surface area (Å²) in [6.07, 6.45) is 1.47. The van der Waals surface area contributed by atoms with E-state index < -0.39 is 0 Å². The van der Waals surface area contributed by atoms with Gasteiger partial charge in [-0.1, -0.05) is 15.9 Å². The maximum absolute atomic E-state index is 12.2. The van der Waals surface area contributed by atoms with Gasteiger partial charge in [-0.3, -0.25) is 4.79 Å². The van der Waals surface area contributed by atoms with Crippen molar-refractivity contribution in [1.29, 1.82) is 0 Å². The zero-order valence-electron chi connectivity index (χ0n) is 11.6. The van der Waals surface area contributed by atoms with Crippen molar-refractivity contribution < 1.29 is 4.79 Å². The molecule has 0 aliphatic heterocycles. The monoisotopic (exact) mass is 335 g/mol. The molecule has 1 aromatic heterocycles. The summed E-state index contributed by atoms with van der Waals surface area (Å²) >= 11 is 3.51. The highest BCUT2D eigenvalue weighted by Gasteiger charge is 2.32. The molecule has 0 radical (unpaired) electrons. The number of amides is 1. The van der Waals surface area contributed by atoms with Crippen molar-refractivity contribution in [3.8, 4) is 0 Å². The molecule has 3 rings (SSSR count). The Balaban J connectivity index is 2.07. The first-order valence-corrected chi connectivity index (χ1v) is 7.53. The van der Waals surface area contributed by atoms with Crippen LogP contribution in [0.4, 0.5) is 0 Å². The van der Waals surface area contributed by atoms with Crippen molar-refractivity contribution in [2.75, 3.05) is 14.1 Å². The Kier molecular flexibility index (Phi) is 3.34. The molecule has 1 aliphatic carbocycles. The van der Waals surface area contributed by atoms with Crippen LogP contribution in [-0.4, -0.2) is 29.9 Å². The number of aromatic nitrogens is 1. The summed E-state index contributed by atoms with van der Waals surface area (Å²) in [6.45, 7) is 0. The number of rotatable bonds is 1. The summed E-state index contributed by atoms with van der Waals surface area (Å²) in [7, 11) is 3.60. The molecule has 1 amide bonds. The summed E-state index contributed by atoms with van der Waals surface area (Å²) in [5.74, 6) is 0.140. The highest BCUT2D eigenvalue weighted by molar-refractivity contribution is 9.10. The van der Waals surface area contributed by atoms with Crippen LogP contribution in [0.25, 0.3) is 10.9 Å². The van der Waals surface area contributed by atoms with Crippen molar-refractivity contribution in [3.63, 3.8) is 0 Å². The lowest BCUT2D eigenvalue weighted by atomic mass is 9.83. The van der Waals surface area contributed by atoms with Crippen LogP contribution in [0.3, 0.4) is 0 Å². The summed E-state index contributed by atoms with van der Waals surface area (Å²) in [5, 5.41) is 1.17. The first-order valence-electron chi connectivity index (χ1n) is 6.74. The maximum Gasteiger partial charge on any atom is 0.225 e. The molecule has 1 heterocycles. The second kappa shape index (κ2) is 4.90. The number of carbonyl (C=O) groups excluding carboxylic acids is 1. The number of hydrogen-bond donors (Lipinski definition) is 2. The zero-order valence-corrected chi connectivity index (χ0v) is 13.2. The van der Waals surface area contributed by atoms with E-state index in [0.717, 1.165) is 22.1 Å². The normalized spacial score (nSPS) is 21.8. The number of hydrogen-bond acceptors (Lipinski definition) is 2. The van der Waals surface area contributed by atoms with E-state index in [1.165, 1.54) is 10.9 Å². The Labute approximate surface area is 126 Å². The van der Waals surface area contributed by atoms with Crippen molar-refractivity contribution in [2.24, 2.45) is 11.7 Å². The lowest BCUT2D eigenvalue weighted by molar-refractivity contribution is -0.133. The minimum Gasteiger partial charge on any atom is -0.357 e. The van der Waals surface area contributed by atoms with Crippen molar-refractivity contribution in [3.05, 3.63) is 33.9 Å². The van der Waals surface area contributed by atoms with E-state index in [1.54, 1.807) is 19.0 Å². The zero-order chi connectivity index (χ0) is 14.4. The number of H-pyrrole nitrogens is 1. The van der Waals surface area contributed by atoms with E-state index in [9.17, 15) is 4.79 Å². The fourth-order valence-electron chi connectivity index (χ4n) is 3.08. The highest BCUT2D eigenvalue weighted by atomic mass is 79.9. The summed E-state index contributed by atoms with van der Waals surface area (Å²) < 4.78 is 1.04. The van der Waals surface area contributed by atoms with Crippen molar-refractivity contribution in [1.82, 2.24) is 9.88 Å². The molecule has 0 saturated carbocycles. The van der Waals surface area contributed by atoms with Crippen LogP contribution in [-0.2, 0) is 11.2 Å². The van der Waals surface area contributed by atoms with E-state index in [2.05, 4.69) is 27.0 Å². The van der Waals surface area contributed by atoms with Gasteiger partial charge in [-0.15, -0.1) is 0 Å². The van der Waals surface area contributed by atoms with Gasteiger partial charge in [-0.2, -0.15) is 0 Å². The second-order valence-electron chi connectivity index (χ2n) is 5.68. The molecule has 1 aliphatic rings. The third kappa shape index (κ3) is 2.15. The molecular weight excluding hydrogens is 318 g/mol. The van der Waals surface area contributed by atoms with E-state index in [4.69, 9.17) is 5.73 Å².